The van der Waals surface area contributed by atoms with Crippen molar-refractivity contribution < 1.29 is 0 Å². The molecule has 120 valence electrons. The minimum Gasteiger partial charge on any atom is -0.370 e. The summed E-state index contributed by atoms with van der Waals surface area (Å²) in [5, 5.41) is 3.22. The van der Waals surface area contributed by atoms with E-state index in [-0.39, 0.29) is 29.5 Å². The lowest BCUT2D eigenvalue weighted by Gasteiger charge is -2.36. The molecule has 1 aliphatic heterocycles. The summed E-state index contributed by atoms with van der Waals surface area (Å²) in [5.41, 5.74) is 5.93. The fraction of sp³-hybridized carbons (Fsp3) is 0.933. The van der Waals surface area contributed by atoms with E-state index in [1.54, 1.807) is 0 Å². The number of rotatable bonds is 4. The molecule has 0 aromatic carbocycles. The molecule has 0 aliphatic carbocycles. The van der Waals surface area contributed by atoms with Gasteiger partial charge in [0.15, 0.2) is 5.96 Å². The summed E-state index contributed by atoms with van der Waals surface area (Å²) in [7, 11) is 0. The zero-order valence-corrected chi connectivity index (χ0v) is 16.1. The Morgan fingerprint density at radius 2 is 2.00 bits per heavy atom. The van der Waals surface area contributed by atoms with E-state index in [0.29, 0.717) is 12.0 Å². The number of hydrogen-bond donors (Lipinski definition) is 2. The summed E-state index contributed by atoms with van der Waals surface area (Å²) in [6.45, 7) is 14.1. The van der Waals surface area contributed by atoms with E-state index in [1.807, 2.05) is 0 Å². The van der Waals surface area contributed by atoms with E-state index in [0.717, 1.165) is 12.5 Å². The number of guanidine groups is 1. The highest BCUT2D eigenvalue weighted by molar-refractivity contribution is 14.0. The Bertz CT molecular complexity index is 297. The zero-order chi connectivity index (χ0) is 14.5. The van der Waals surface area contributed by atoms with Crippen LogP contribution in [-0.2, 0) is 0 Å². The average molecular weight is 396 g/mol. The largest absolute Gasteiger partial charge is 0.370 e. The summed E-state index contributed by atoms with van der Waals surface area (Å²) in [6.07, 6.45) is 3.89. The molecule has 0 radical (unpaired) electrons. The number of hydrogen-bond acceptors (Lipinski definition) is 2. The first-order valence-corrected chi connectivity index (χ1v) is 7.60. The number of piperidine rings is 1. The van der Waals surface area contributed by atoms with Crippen molar-refractivity contribution in [2.75, 3.05) is 19.6 Å². The van der Waals surface area contributed by atoms with Crippen LogP contribution >= 0.6 is 24.0 Å². The van der Waals surface area contributed by atoms with Crippen LogP contribution in [0.1, 0.15) is 53.9 Å². The van der Waals surface area contributed by atoms with Crippen LogP contribution in [0.15, 0.2) is 4.99 Å². The maximum absolute atomic E-state index is 5.94. The van der Waals surface area contributed by atoms with E-state index in [1.165, 1.54) is 32.4 Å². The van der Waals surface area contributed by atoms with Crippen LogP contribution in [0, 0.1) is 5.92 Å². The molecule has 1 unspecified atom stereocenters. The topological polar surface area (TPSA) is 53.6 Å². The molecule has 0 amide bonds. The summed E-state index contributed by atoms with van der Waals surface area (Å²) < 4.78 is 0. The van der Waals surface area contributed by atoms with Gasteiger partial charge in [-0.05, 0) is 46.1 Å². The van der Waals surface area contributed by atoms with Crippen LogP contribution in [0.5, 0.6) is 0 Å². The fourth-order valence-electron chi connectivity index (χ4n) is 2.60. The molecule has 0 aromatic heterocycles. The van der Waals surface area contributed by atoms with Gasteiger partial charge in [-0.1, -0.05) is 20.3 Å². The predicted molar refractivity (Wildman–Crippen MR) is 98.8 cm³/mol. The maximum atomic E-state index is 5.94. The Labute approximate surface area is 142 Å². The third-order valence-corrected chi connectivity index (χ3v) is 3.32. The predicted octanol–water partition coefficient (Wildman–Crippen LogP) is 2.82. The van der Waals surface area contributed by atoms with Crippen molar-refractivity contribution in [3.05, 3.63) is 0 Å². The molecule has 1 heterocycles. The molecule has 0 spiro atoms. The van der Waals surface area contributed by atoms with E-state index in [4.69, 9.17) is 5.73 Å². The first-order chi connectivity index (χ1) is 8.78. The SMILES string of the molecule is CC(C)CN1CCCCC1CN=C(N)NC(C)(C)C.I. The van der Waals surface area contributed by atoms with E-state index < -0.39 is 0 Å². The van der Waals surface area contributed by atoms with Gasteiger partial charge in [0.2, 0.25) is 0 Å². The molecule has 5 heteroatoms. The van der Waals surface area contributed by atoms with Gasteiger partial charge in [0.05, 0.1) is 6.54 Å². The molecule has 20 heavy (non-hydrogen) atoms. The van der Waals surface area contributed by atoms with E-state index >= 15 is 0 Å². The zero-order valence-electron chi connectivity index (χ0n) is 13.8. The fourth-order valence-corrected chi connectivity index (χ4v) is 2.60. The second kappa shape index (κ2) is 9.07. The van der Waals surface area contributed by atoms with Crippen molar-refractivity contribution in [1.82, 2.24) is 10.2 Å². The summed E-state index contributed by atoms with van der Waals surface area (Å²) in [6, 6.07) is 0.566. The molecule has 0 bridgehead atoms. The Balaban J connectivity index is 0.00000361. The van der Waals surface area contributed by atoms with Gasteiger partial charge in [0.1, 0.15) is 0 Å². The minimum absolute atomic E-state index is 0. The smallest absolute Gasteiger partial charge is 0.189 e. The number of nitrogens with two attached hydrogens (primary N) is 1. The van der Waals surface area contributed by atoms with Crippen molar-refractivity contribution in [2.45, 2.75) is 65.5 Å². The number of nitrogens with one attached hydrogen (secondary N) is 1. The Kier molecular flexibility index (Phi) is 9.06. The molecule has 1 atom stereocenters. The van der Waals surface area contributed by atoms with Crippen LogP contribution in [0.2, 0.25) is 0 Å². The van der Waals surface area contributed by atoms with Gasteiger partial charge >= 0.3 is 0 Å². The molecule has 1 fully saturated rings. The maximum Gasteiger partial charge on any atom is 0.189 e. The average Bonchev–Trinajstić information content (AvgIpc) is 2.24. The third kappa shape index (κ3) is 8.29. The van der Waals surface area contributed by atoms with Crippen molar-refractivity contribution >= 4 is 29.9 Å². The van der Waals surface area contributed by atoms with Crippen molar-refractivity contribution in [3.63, 3.8) is 0 Å². The number of halogens is 1. The van der Waals surface area contributed by atoms with Crippen LogP contribution in [0.3, 0.4) is 0 Å². The first kappa shape index (κ1) is 20.0. The van der Waals surface area contributed by atoms with Crippen LogP contribution in [0.4, 0.5) is 0 Å². The highest BCUT2D eigenvalue weighted by atomic mass is 127. The molecule has 0 aromatic rings. The highest BCUT2D eigenvalue weighted by Crippen LogP contribution is 2.18. The standard InChI is InChI=1S/C15H32N4.HI/c1-12(2)11-19-9-7-6-8-13(19)10-17-14(16)18-15(3,4)5;/h12-13H,6-11H2,1-5H3,(H3,16,17,18);1H. The number of aliphatic imine (C=N–C) groups is 1. The minimum atomic E-state index is -0.0161. The molecule has 1 aliphatic rings. The van der Waals surface area contributed by atoms with Gasteiger partial charge in [-0.25, -0.2) is 0 Å². The quantitative estimate of drug-likeness (QED) is 0.437. The molecule has 1 saturated heterocycles. The van der Waals surface area contributed by atoms with Crippen molar-refractivity contribution in [1.29, 1.82) is 0 Å². The summed E-state index contributed by atoms with van der Waals surface area (Å²) >= 11 is 0. The van der Waals surface area contributed by atoms with Crippen molar-refractivity contribution in [2.24, 2.45) is 16.6 Å². The van der Waals surface area contributed by atoms with Gasteiger partial charge in [0, 0.05) is 18.1 Å². The summed E-state index contributed by atoms with van der Waals surface area (Å²) in [4.78, 5) is 7.12. The highest BCUT2D eigenvalue weighted by Gasteiger charge is 2.22. The Hall–Kier alpha value is -0.0400. The summed E-state index contributed by atoms with van der Waals surface area (Å²) in [5.74, 6) is 1.29. The number of nitrogens with zero attached hydrogens (tertiary/aromatic N) is 2. The Morgan fingerprint density at radius 1 is 1.35 bits per heavy atom. The lowest BCUT2D eigenvalue weighted by Crippen LogP contribution is -2.47. The van der Waals surface area contributed by atoms with Crippen molar-refractivity contribution in [3.8, 4) is 0 Å². The lowest BCUT2D eigenvalue weighted by atomic mass is 10.0. The molecular weight excluding hydrogens is 363 g/mol. The van der Waals surface area contributed by atoms with Gasteiger partial charge < -0.3 is 11.1 Å². The van der Waals surface area contributed by atoms with Gasteiger partial charge in [-0.3, -0.25) is 9.89 Å². The van der Waals surface area contributed by atoms with Gasteiger partial charge in [0.25, 0.3) is 0 Å². The second-order valence-electron chi connectivity index (χ2n) is 7.14. The number of likely N-dealkylation sites (tertiary alicyclic amines) is 1. The lowest BCUT2D eigenvalue weighted by molar-refractivity contribution is 0.137. The third-order valence-electron chi connectivity index (χ3n) is 3.32. The van der Waals surface area contributed by atoms with Crippen LogP contribution in [0.25, 0.3) is 0 Å². The molecule has 1 rings (SSSR count). The Morgan fingerprint density at radius 3 is 2.55 bits per heavy atom. The van der Waals surface area contributed by atoms with Crippen LogP contribution in [-0.4, -0.2) is 42.1 Å². The van der Waals surface area contributed by atoms with Gasteiger partial charge in [-0.15, -0.1) is 24.0 Å². The van der Waals surface area contributed by atoms with E-state index in [2.05, 4.69) is 49.8 Å². The monoisotopic (exact) mass is 396 g/mol. The second-order valence-corrected chi connectivity index (χ2v) is 7.14. The first-order valence-electron chi connectivity index (χ1n) is 7.60. The van der Waals surface area contributed by atoms with Gasteiger partial charge in [-0.2, -0.15) is 0 Å². The van der Waals surface area contributed by atoms with E-state index in [9.17, 15) is 0 Å². The molecule has 0 saturated carbocycles. The molecule has 3 N–H and O–H groups in total. The molecular formula is C15H33IN4. The van der Waals surface area contributed by atoms with Crippen LogP contribution < -0.4 is 11.1 Å². The molecule has 4 nitrogen and oxygen atoms in total. The normalized spacial score (nSPS) is 21.7.